The zero-order valence-corrected chi connectivity index (χ0v) is 20.5. The van der Waals surface area contributed by atoms with Gasteiger partial charge in [0.25, 0.3) is 0 Å². The second-order valence-corrected chi connectivity index (χ2v) is 9.95. The molecule has 0 aliphatic carbocycles. The van der Waals surface area contributed by atoms with Crippen molar-refractivity contribution in [1.29, 1.82) is 0 Å². The Hall–Kier alpha value is -2.17. The van der Waals surface area contributed by atoms with Gasteiger partial charge in [0.05, 0.1) is 12.1 Å². The number of halogens is 1. The molecule has 1 saturated heterocycles. The summed E-state index contributed by atoms with van der Waals surface area (Å²) < 4.78 is 0. The van der Waals surface area contributed by atoms with E-state index in [-0.39, 0.29) is 24.1 Å². The van der Waals surface area contributed by atoms with Gasteiger partial charge in [0, 0.05) is 25.1 Å². The van der Waals surface area contributed by atoms with Crippen molar-refractivity contribution in [1.82, 2.24) is 4.90 Å². The summed E-state index contributed by atoms with van der Waals surface area (Å²) in [7, 11) is 0. The minimum absolute atomic E-state index is 0. The van der Waals surface area contributed by atoms with Gasteiger partial charge in [-0.3, -0.25) is 9.59 Å². The number of amides is 1. The third-order valence-corrected chi connectivity index (χ3v) is 7.62. The molecule has 2 aromatic carbocycles. The predicted octanol–water partition coefficient (Wildman–Crippen LogP) is 5.17. The number of aryl methyl sites for hydroxylation is 2. The number of Topliss-reactive ketones (excluding diaryl/α,β-unsaturated/α-hetero) is 1. The number of hydrogen-bond acceptors (Lipinski definition) is 3. The Balaban J connectivity index is 0.00000259. The summed E-state index contributed by atoms with van der Waals surface area (Å²) >= 11 is 0. The lowest BCUT2D eigenvalue weighted by molar-refractivity contribution is -0.117. The van der Waals surface area contributed by atoms with Crippen LogP contribution >= 0.6 is 12.4 Å². The molecule has 176 valence electrons. The standard InChI is InChI=1S/C28H34N2O2.ClH/c1-20-4-2-5-22(16-20)11-15-29-13-9-21(10-14-29)7-8-26(31)24-17-23-6-3-12-30-27(32)19-25(18-24)28(23)30;/h2,4-5,16-18,21H,3,6-15,19H2,1H3;1H. The van der Waals surface area contributed by atoms with Crippen LogP contribution in [0.5, 0.6) is 0 Å². The number of carbonyl (C=O) groups excluding carboxylic acids is 2. The maximum Gasteiger partial charge on any atom is 0.231 e. The van der Waals surface area contributed by atoms with E-state index in [4.69, 9.17) is 0 Å². The summed E-state index contributed by atoms with van der Waals surface area (Å²) in [6.07, 6.45) is 7.56. The van der Waals surface area contributed by atoms with Gasteiger partial charge >= 0.3 is 0 Å². The lowest BCUT2D eigenvalue weighted by Gasteiger charge is -2.32. The van der Waals surface area contributed by atoms with Gasteiger partial charge in [-0.25, -0.2) is 0 Å². The predicted molar refractivity (Wildman–Crippen MR) is 136 cm³/mol. The average Bonchev–Trinajstić information content (AvgIpc) is 3.13. The second-order valence-electron chi connectivity index (χ2n) is 9.95. The van der Waals surface area contributed by atoms with Crippen molar-refractivity contribution in [3.05, 3.63) is 64.2 Å². The molecule has 33 heavy (non-hydrogen) atoms. The average molecular weight is 467 g/mol. The molecule has 0 bridgehead atoms. The fourth-order valence-corrected chi connectivity index (χ4v) is 5.77. The molecule has 0 saturated carbocycles. The van der Waals surface area contributed by atoms with E-state index < -0.39 is 0 Å². The zero-order valence-electron chi connectivity index (χ0n) is 19.6. The third-order valence-electron chi connectivity index (χ3n) is 7.62. The van der Waals surface area contributed by atoms with Gasteiger partial charge in [-0.1, -0.05) is 29.8 Å². The van der Waals surface area contributed by atoms with E-state index in [1.54, 1.807) is 0 Å². The summed E-state index contributed by atoms with van der Waals surface area (Å²) in [5.41, 5.74) is 6.96. The normalized spacial score (nSPS) is 18.2. The zero-order chi connectivity index (χ0) is 22.1. The molecule has 0 radical (unpaired) electrons. The topological polar surface area (TPSA) is 40.6 Å². The van der Waals surface area contributed by atoms with Crippen LogP contribution in [0.2, 0.25) is 0 Å². The molecule has 2 aromatic rings. The first kappa shape index (κ1) is 24.0. The molecule has 0 atom stereocenters. The molecule has 5 rings (SSSR count). The summed E-state index contributed by atoms with van der Waals surface area (Å²) in [6.45, 7) is 6.40. The fourth-order valence-electron chi connectivity index (χ4n) is 5.77. The molecule has 5 heteroatoms. The van der Waals surface area contributed by atoms with Crippen LogP contribution in [0.15, 0.2) is 36.4 Å². The molecule has 0 unspecified atom stereocenters. The Labute approximate surface area is 203 Å². The molecule has 3 aliphatic rings. The van der Waals surface area contributed by atoms with Crippen LogP contribution in [0.1, 0.15) is 64.7 Å². The highest BCUT2D eigenvalue weighted by molar-refractivity contribution is 6.05. The van der Waals surface area contributed by atoms with Gasteiger partial charge in [0.1, 0.15) is 0 Å². The molecule has 3 heterocycles. The lowest BCUT2D eigenvalue weighted by atomic mass is 9.89. The molecule has 3 aliphatic heterocycles. The number of nitrogens with zero attached hydrogens (tertiary/aromatic N) is 2. The van der Waals surface area contributed by atoms with Crippen LogP contribution < -0.4 is 4.90 Å². The van der Waals surface area contributed by atoms with E-state index in [1.165, 1.54) is 29.5 Å². The van der Waals surface area contributed by atoms with E-state index in [0.717, 1.165) is 68.7 Å². The quantitative estimate of drug-likeness (QED) is 0.528. The summed E-state index contributed by atoms with van der Waals surface area (Å²) in [4.78, 5) is 29.7. The van der Waals surface area contributed by atoms with Crippen molar-refractivity contribution in [3.63, 3.8) is 0 Å². The van der Waals surface area contributed by atoms with E-state index in [9.17, 15) is 9.59 Å². The smallest absolute Gasteiger partial charge is 0.231 e. The Morgan fingerprint density at radius 3 is 2.64 bits per heavy atom. The highest BCUT2D eigenvalue weighted by Crippen LogP contribution is 2.38. The van der Waals surface area contributed by atoms with Gasteiger partial charge in [0.15, 0.2) is 5.78 Å². The Kier molecular flexibility index (Phi) is 7.55. The number of benzene rings is 2. The van der Waals surface area contributed by atoms with Gasteiger partial charge in [-0.2, -0.15) is 0 Å². The molecule has 4 nitrogen and oxygen atoms in total. The highest BCUT2D eigenvalue weighted by Gasteiger charge is 2.33. The SMILES string of the molecule is Cc1cccc(CCN2CCC(CCC(=O)c3cc4c5c(c3)CC(=O)N5CCC4)CC2)c1.Cl. The van der Waals surface area contributed by atoms with E-state index >= 15 is 0 Å². The van der Waals surface area contributed by atoms with Crippen molar-refractivity contribution in [2.75, 3.05) is 31.1 Å². The summed E-state index contributed by atoms with van der Waals surface area (Å²) in [6, 6.07) is 12.9. The van der Waals surface area contributed by atoms with Gasteiger partial charge in [-0.05, 0) is 93.3 Å². The first-order valence-electron chi connectivity index (χ1n) is 12.3. The first-order chi connectivity index (χ1) is 15.6. The number of hydrogen-bond donors (Lipinski definition) is 0. The minimum atomic E-state index is 0. The number of likely N-dealkylation sites (tertiary alicyclic amines) is 1. The minimum Gasteiger partial charge on any atom is -0.312 e. The van der Waals surface area contributed by atoms with Crippen molar-refractivity contribution in [2.24, 2.45) is 5.92 Å². The molecular formula is C28H35ClN2O2. The summed E-state index contributed by atoms with van der Waals surface area (Å²) in [5.74, 6) is 1.10. The van der Waals surface area contributed by atoms with Crippen LogP contribution in [0.25, 0.3) is 0 Å². The van der Waals surface area contributed by atoms with E-state index in [1.807, 2.05) is 11.0 Å². The maximum atomic E-state index is 13.0. The largest absolute Gasteiger partial charge is 0.312 e. The number of anilines is 1. The lowest BCUT2D eigenvalue weighted by Crippen LogP contribution is -2.35. The monoisotopic (exact) mass is 466 g/mol. The van der Waals surface area contributed by atoms with E-state index in [2.05, 4.69) is 42.2 Å². The molecule has 1 amide bonds. The second kappa shape index (κ2) is 10.4. The van der Waals surface area contributed by atoms with Crippen molar-refractivity contribution in [2.45, 2.75) is 58.3 Å². The highest BCUT2D eigenvalue weighted by atomic mass is 35.5. The number of rotatable bonds is 7. The Morgan fingerprint density at radius 2 is 1.85 bits per heavy atom. The van der Waals surface area contributed by atoms with E-state index in [0.29, 0.717) is 18.8 Å². The van der Waals surface area contributed by atoms with Gasteiger partial charge in [-0.15, -0.1) is 12.4 Å². The van der Waals surface area contributed by atoms with Gasteiger partial charge < -0.3 is 9.80 Å². The maximum absolute atomic E-state index is 13.0. The number of carbonyl (C=O) groups is 2. The fraction of sp³-hybridized carbons (Fsp3) is 0.500. The molecule has 0 N–H and O–H groups in total. The Morgan fingerprint density at radius 1 is 1.06 bits per heavy atom. The van der Waals surface area contributed by atoms with Crippen LogP contribution in [-0.4, -0.2) is 42.8 Å². The molecule has 0 aromatic heterocycles. The van der Waals surface area contributed by atoms with Crippen LogP contribution in [0.4, 0.5) is 5.69 Å². The van der Waals surface area contributed by atoms with Crippen LogP contribution in [0.3, 0.4) is 0 Å². The molecular weight excluding hydrogens is 432 g/mol. The van der Waals surface area contributed by atoms with Gasteiger partial charge in [0.2, 0.25) is 5.91 Å². The Bertz CT molecular complexity index is 1030. The third kappa shape index (κ3) is 5.33. The molecule has 1 fully saturated rings. The first-order valence-corrected chi connectivity index (χ1v) is 12.3. The van der Waals surface area contributed by atoms with Crippen LogP contribution in [-0.2, 0) is 24.1 Å². The molecule has 0 spiro atoms. The van der Waals surface area contributed by atoms with Crippen LogP contribution in [0, 0.1) is 12.8 Å². The van der Waals surface area contributed by atoms with Crippen molar-refractivity contribution in [3.8, 4) is 0 Å². The van der Waals surface area contributed by atoms with Crippen molar-refractivity contribution < 1.29 is 9.59 Å². The number of ketones is 1. The van der Waals surface area contributed by atoms with Crippen molar-refractivity contribution >= 4 is 29.8 Å². The summed E-state index contributed by atoms with van der Waals surface area (Å²) in [5, 5.41) is 0. The number of piperidine rings is 1.